The van der Waals surface area contributed by atoms with Gasteiger partial charge in [-0.3, -0.25) is 0 Å². The molecule has 18 heavy (non-hydrogen) atoms. The number of nitrogens with zero attached hydrogens (tertiary/aromatic N) is 1. The topological polar surface area (TPSA) is 22.1 Å². The zero-order valence-corrected chi connectivity index (χ0v) is 11.3. The molecule has 1 aromatic carbocycles. The van der Waals surface area contributed by atoms with Gasteiger partial charge in [-0.15, -0.1) is 0 Å². The highest BCUT2D eigenvalue weighted by Gasteiger charge is 2.09. The Bertz CT molecular complexity index is 580. The van der Waals surface area contributed by atoms with E-state index in [1.165, 1.54) is 0 Å². The number of aromatic nitrogens is 1. The molecular formula is C12H7BrClF2NO. The van der Waals surface area contributed by atoms with Crippen molar-refractivity contribution in [3.8, 4) is 5.88 Å². The van der Waals surface area contributed by atoms with Crippen LogP contribution in [-0.4, -0.2) is 4.98 Å². The lowest BCUT2D eigenvalue weighted by molar-refractivity contribution is 0.287. The standard InChI is InChI=1S/C12H7BrClF2NO/c13-11-2-1-3-12(17-11)18-6-7-4-10(16)8(14)5-9(7)15/h1-5H,6H2. The number of rotatable bonds is 3. The maximum absolute atomic E-state index is 13.5. The van der Waals surface area contributed by atoms with Gasteiger partial charge in [-0.05, 0) is 34.1 Å². The van der Waals surface area contributed by atoms with Crippen molar-refractivity contribution in [2.45, 2.75) is 6.61 Å². The van der Waals surface area contributed by atoms with Gasteiger partial charge in [0.25, 0.3) is 0 Å². The van der Waals surface area contributed by atoms with Gasteiger partial charge in [0, 0.05) is 11.6 Å². The molecule has 0 N–H and O–H groups in total. The lowest BCUT2D eigenvalue weighted by Crippen LogP contribution is -2.01. The molecule has 94 valence electrons. The van der Waals surface area contributed by atoms with Crippen molar-refractivity contribution in [3.05, 3.63) is 57.2 Å². The minimum absolute atomic E-state index is 0.0821. The van der Waals surface area contributed by atoms with Gasteiger partial charge < -0.3 is 4.74 Å². The predicted octanol–water partition coefficient (Wildman–Crippen LogP) is 4.35. The maximum atomic E-state index is 13.5. The second-order valence-corrected chi connectivity index (χ2v) is 4.66. The highest BCUT2D eigenvalue weighted by molar-refractivity contribution is 9.10. The van der Waals surface area contributed by atoms with Crippen LogP contribution in [0.15, 0.2) is 34.9 Å². The minimum atomic E-state index is -0.682. The Morgan fingerprint density at radius 1 is 1.22 bits per heavy atom. The largest absolute Gasteiger partial charge is 0.473 e. The second kappa shape index (κ2) is 5.63. The van der Waals surface area contributed by atoms with Crippen molar-refractivity contribution in [1.29, 1.82) is 0 Å². The Labute approximate surface area is 116 Å². The summed E-state index contributed by atoms with van der Waals surface area (Å²) >= 11 is 8.63. The molecule has 0 radical (unpaired) electrons. The van der Waals surface area contributed by atoms with Crippen LogP contribution in [0.5, 0.6) is 5.88 Å². The quantitative estimate of drug-likeness (QED) is 0.615. The van der Waals surface area contributed by atoms with Gasteiger partial charge in [-0.25, -0.2) is 13.8 Å². The first-order valence-corrected chi connectivity index (χ1v) is 6.12. The molecule has 0 bridgehead atoms. The van der Waals surface area contributed by atoms with E-state index < -0.39 is 11.6 Å². The third-order valence-electron chi connectivity index (χ3n) is 2.15. The molecule has 0 spiro atoms. The minimum Gasteiger partial charge on any atom is -0.473 e. The molecule has 1 aromatic heterocycles. The number of pyridine rings is 1. The fraction of sp³-hybridized carbons (Fsp3) is 0.0833. The lowest BCUT2D eigenvalue weighted by Gasteiger charge is -2.07. The molecule has 2 rings (SSSR count). The van der Waals surface area contributed by atoms with Crippen molar-refractivity contribution in [3.63, 3.8) is 0 Å². The first-order chi connectivity index (χ1) is 8.56. The Hall–Kier alpha value is -1.20. The first-order valence-electron chi connectivity index (χ1n) is 4.95. The molecule has 0 amide bonds. The zero-order chi connectivity index (χ0) is 13.1. The normalized spacial score (nSPS) is 10.4. The summed E-state index contributed by atoms with van der Waals surface area (Å²) in [5, 5.41) is -0.253. The van der Waals surface area contributed by atoms with E-state index in [0.29, 0.717) is 10.5 Å². The average molecular weight is 335 g/mol. The number of hydrogen-bond acceptors (Lipinski definition) is 2. The third-order valence-corrected chi connectivity index (χ3v) is 2.89. The van der Waals surface area contributed by atoms with Crippen molar-refractivity contribution in [2.24, 2.45) is 0 Å². The molecule has 1 heterocycles. The average Bonchev–Trinajstić information content (AvgIpc) is 2.32. The first kappa shape index (κ1) is 13.2. The van der Waals surface area contributed by atoms with E-state index in [1.807, 2.05) is 0 Å². The summed E-state index contributed by atoms with van der Waals surface area (Å²) in [6, 6.07) is 7.01. The summed E-state index contributed by atoms with van der Waals surface area (Å²) in [5.74, 6) is -0.977. The molecule has 0 aliphatic carbocycles. The van der Waals surface area contributed by atoms with Crippen molar-refractivity contribution in [1.82, 2.24) is 4.98 Å². The number of benzene rings is 1. The summed E-state index contributed by atoms with van der Waals surface area (Å²) in [6.07, 6.45) is 0. The second-order valence-electron chi connectivity index (χ2n) is 3.44. The van der Waals surface area contributed by atoms with E-state index in [0.717, 1.165) is 12.1 Å². The van der Waals surface area contributed by atoms with Gasteiger partial charge in [-0.2, -0.15) is 0 Å². The maximum Gasteiger partial charge on any atom is 0.214 e. The number of hydrogen-bond donors (Lipinski definition) is 0. The van der Waals surface area contributed by atoms with Crippen LogP contribution in [0.3, 0.4) is 0 Å². The van der Waals surface area contributed by atoms with Crippen molar-refractivity contribution >= 4 is 27.5 Å². The molecule has 0 atom stereocenters. The van der Waals surface area contributed by atoms with Crippen LogP contribution in [-0.2, 0) is 6.61 Å². The molecule has 2 aromatic rings. The van der Waals surface area contributed by atoms with Crippen LogP contribution in [0.1, 0.15) is 5.56 Å². The smallest absolute Gasteiger partial charge is 0.214 e. The number of halogens is 4. The Kier molecular flexibility index (Phi) is 4.14. The van der Waals surface area contributed by atoms with Gasteiger partial charge >= 0.3 is 0 Å². The fourth-order valence-corrected chi connectivity index (χ4v) is 1.77. The molecule has 0 unspecified atom stereocenters. The Morgan fingerprint density at radius 2 is 2.00 bits per heavy atom. The monoisotopic (exact) mass is 333 g/mol. The van der Waals surface area contributed by atoms with Crippen molar-refractivity contribution in [2.75, 3.05) is 0 Å². The van der Waals surface area contributed by atoms with Gasteiger partial charge in [0.2, 0.25) is 5.88 Å². The van der Waals surface area contributed by atoms with Gasteiger partial charge in [-0.1, -0.05) is 17.7 Å². The van der Waals surface area contributed by atoms with Gasteiger partial charge in [0.05, 0.1) is 5.02 Å². The van der Waals surface area contributed by atoms with Crippen LogP contribution >= 0.6 is 27.5 Å². The summed E-state index contributed by atoms with van der Waals surface area (Å²) in [4.78, 5) is 4.01. The molecule has 6 heteroatoms. The summed E-state index contributed by atoms with van der Waals surface area (Å²) < 4.78 is 32.5. The molecule has 2 nitrogen and oxygen atoms in total. The third kappa shape index (κ3) is 3.17. The zero-order valence-electron chi connectivity index (χ0n) is 8.96. The van der Waals surface area contributed by atoms with Crippen LogP contribution in [0.2, 0.25) is 5.02 Å². The van der Waals surface area contributed by atoms with E-state index in [4.69, 9.17) is 16.3 Å². The Morgan fingerprint density at radius 3 is 2.72 bits per heavy atom. The Balaban J connectivity index is 2.13. The van der Waals surface area contributed by atoms with Crippen LogP contribution in [0, 0.1) is 11.6 Å². The van der Waals surface area contributed by atoms with Gasteiger partial charge in [0.15, 0.2) is 0 Å². The molecule has 0 aliphatic rings. The van der Waals surface area contributed by atoms with Crippen LogP contribution in [0.25, 0.3) is 0 Å². The fourth-order valence-electron chi connectivity index (χ4n) is 1.30. The van der Waals surface area contributed by atoms with E-state index >= 15 is 0 Å². The molecule has 0 saturated carbocycles. The highest BCUT2D eigenvalue weighted by atomic mass is 79.9. The lowest BCUT2D eigenvalue weighted by atomic mass is 10.2. The summed E-state index contributed by atoms with van der Waals surface area (Å²) in [6.45, 7) is -0.122. The van der Waals surface area contributed by atoms with E-state index in [9.17, 15) is 8.78 Å². The van der Waals surface area contributed by atoms with E-state index in [-0.39, 0.29) is 17.2 Å². The van der Waals surface area contributed by atoms with Crippen LogP contribution in [0.4, 0.5) is 8.78 Å². The van der Waals surface area contributed by atoms with E-state index in [1.54, 1.807) is 18.2 Å². The van der Waals surface area contributed by atoms with Crippen molar-refractivity contribution < 1.29 is 13.5 Å². The molecular weight excluding hydrogens is 327 g/mol. The van der Waals surface area contributed by atoms with Gasteiger partial charge in [0.1, 0.15) is 22.8 Å². The number of ether oxygens (including phenoxy) is 1. The highest BCUT2D eigenvalue weighted by Crippen LogP contribution is 2.21. The molecule has 0 aliphatic heterocycles. The molecule has 0 fully saturated rings. The predicted molar refractivity (Wildman–Crippen MR) is 67.6 cm³/mol. The molecule has 0 saturated heterocycles. The van der Waals surface area contributed by atoms with Crippen LogP contribution < -0.4 is 4.74 Å². The summed E-state index contributed by atoms with van der Waals surface area (Å²) in [7, 11) is 0. The summed E-state index contributed by atoms with van der Waals surface area (Å²) in [5.41, 5.74) is 0.0821. The van der Waals surface area contributed by atoms with E-state index in [2.05, 4.69) is 20.9 Å². The SMILES string of the molecule is Fc1cc(COc2cccc(Br)n2)c(F)cc1Cl.